The van der Waals surface area contributed by atoms with Gasteiger partial charge in [0.2, 0.25) is 0 Å². The van der Waals surface area contributed by atoms with Crippen molar-refractivity contribution in [3.8, 4) is 0 Å². The van der Waals surface area contributed by atoms with Gasteiger partial charge >= 0.3 is 0 Å². The van der Waals surface area contributed by atoms with Crippen molar-refractivity contribution < 1.29 is 0 Å². The monoisotopic (exact) mass is 191 g/mol. The molecule has 0 saturated carbocycles. The number of nitrogens with zero attached hydrogens (tertiary/aromatic N) is 2. The Morgan fingerprint density at radius 1 is 1.29 bits per heavy atom. The molecule has 0 bridgehead atoms. The van der Waals surface area contributed by atoms with Crippen LogP contribution in [-0.2, 0) is 0 Å². The number of rotatable bonds is 1. The summed E-state index contributed by atoms with van der Waals surface area (Å²) >= 11 is 0. The molecule has 1 aromatic rings. The number of hydrogen-bond acceptors (Lipinski definition) is 3. The van der Waals surface area contributed by atoms with Gasteiger partial charge in [0, 0.05) is 19.3 Å². The number of nitrogens with two attached hydrogens (primary N) is 1. The Balaban J connectivity index is 2.22. The van der Waals surface area contributed by atoms with E-state index in [4.69, 9.17) is 5.73 Å². The lowest BCUT2D eigenvalue weighted by Crippen LogP contribution is -2.30. The first-order valence-corrected chi connectivity index (χ1v) is 5.24. The minimum Gasteiger partial charge on any atom is -0.396 e. The van der Waals surface area contributed by atoms with Crippen molar-refractivity contribution in [1.29, 1.82) is 0 Å². The van der Waals surface area contributed by atoms with E-state index in [1.165, 1.54) is 19.3 Å². The molecular weight excluding hydrogens is 174 g/mol. The van der Waals surface area contributed by atoms with Crippen LogP contribution >= 0.6 is 0 Å². The van der Waals surface area contributed by atoms with Gasteiger partial charge in [-0.25, -0.2) is 4.98 Å². The van der Waals surface area contributed by atoms with Crippen LogP contribution < -0.4 is 10.6 Å². The van der Waals surface area contributed by atoms with Gasteiger partial charge in [-0.2, -0.15) is 0 Å². The summed E-state index contributed by atoms with van der Waals surface area (Å²) in [4.78, 5) is 6.69. The molecule has 0 amide bonds. The molecule has 1 saturated heterocycles. The molecule has 2 rings (SSSR count). The highest BCUT2D eigenvalue weighted by molar-refractivity contribution is 5.63. The highest BCUT2D eigenvalue weighted by Gasteiger charge is 2.14. The highest BCUT2D eigenvalue weighted by atomic mass is 15.2. The summed E-state index contributed by atoms with van der Waals surface area (Å²) in [5, 5.41) is 0. The van der Waals surface area contributed by atoms with Gasteiger partial charge in [0.1, 0.15) is 0 Å². The van der Waals surface area contributed by atoms with Crippen LogP contribution in [0, 0.1) is 6.92 Å². The van der Waals surface area contributed by atoms with Crippen LogP contribution in [0.2, 0.25) is 0 Å². The fourth-order valence-corrected chi connectivity index (χ4v) is 1.95. The van der Waals surface area contributed by atoms with Gasteiger partial charge in [-0.05, 0) is 37.8 Å². The maximum Gasteiger partial charge on any atom is 0.151 e. The molecule has 0 atom stereocenters. The maximum absolute atomic E-state index is 5.95. The first-order chi connectivity index (χ1) is 6.77. The first-order valence-electron chi connectivity index (χ1n) is 5.24. The van der Waals surface area contributed by atoms with Crippen LogP contribution in [-0.4, -0.2) is 18.1 Å². The van der Waals surface area contributed by atoms with E-state index in [2.05, 4.69) is 9.88 Å². The molecule has 1 aliphatic rings. The maximum atomic E-state index is 5.95. The van der Waals surface area contributed by atoms with Gasteiger partial charge in [0.25, 0.3) is 0 Å². The average Bonchev–Trinajstić information content (AvgIpc) is 2.19. The molecule has 3 nitrogen and oxygen atoms in total. The largest absolute Gasteiger partial charge is 0.396 e. The van der Waals surface area contributed by atoms with Crippen LogP contribution in [0.15, 0.2) is 12.3 Å². The predicted octanol–water partition coefficient (Wildman–Crippen LogP) is 1.96. The van der Waals surface area contributed by atoms with E-state index in [0.29, 0.717) is 0 Å². The number of piperidine rings is 1. The van der Waals surface area contributed by atoms with Crippen molar-refractivity contribution in [1.82, 2.24) is 4.98 Å². The van der Waals surface area contributed by atoms with Gasteiger partial charge in [-0.1, -0.05) is 0 Å². The minimum absolute atomic E-state index is 0.812. The minimum atomic E-state index is 0.812. The summed E-state index contributed by atoms with van der Waals surface area (Å²) in [6.07, 6.45) is 5.74. The SMILES string of the molecule is Cc1cnc(N2CCCCC2)c(N)c1. The average molecular weight is 191 g/mol. The third-order valence-corrected chi connectivity index (χ3v) is 2.69. The standard InChI is InChI=1S/C11H17N3/c1-9-7-10(12)11(13-8-9)14-5-3-2-4-6-14/h7-8H,2-6,12H2,1H3. The summed E-state index contributed by atoms with van der Waals surface area (Å²) in [6.45, 7) is 4.21. The molecular formula is C11H17N3. The summed E-state index contributed by atoms with van der Waals surface area (Å²) in [6, 6.07) is 2.00. The van der Waals surface area contributed by atoms with E-state index in [1.807, 2.05) is 19.2 Å². The Morgan fingerprint density at radius 2 is 2.00 bits per heavy atom. The predicted molar refractivity (Wildman–Crippen MR) is 59.5 cm³/mol. The fourth-order valence-electron chi connectivity index (χ4n) is 1.95. The number of hydrogen-bond donors (Lipinski definition) is 1. The first kappa shape index (κ1) is 9.31. The van der Waals surface area contributed by atoms with E-state index in [1.54, 1.807) is 0 Å². The Labute approximate surface area is 84.9 Å². The molecule has 1 aromatic heterocycles. The molecule has 14 heavy (non-hydrogen) atoms. The van der Waals surface area contributed by atoms with Crippen molar-refractivity contribution >= 4 is 11.5 Å². The summed E-state index contributed by atoms with van der Waals surface area (Å²) in [7, 11) is 0. The second-order valence-electron chi connectivity index (χ2n) is 3.97. The zero-order chi connectivity index (χ0) is 9.97. The Bertz CT molecular complexity index is 316. The lowest BCUT2D eigenvalue weighted by molar-refractivity contribution is 0.574. The van der Waals surface area contributed by atoms with Gasteiger partial charge in [0.05, 0.1) is 5.69 Å². The summed E-state index contributed by atoms with van der Waals surface area (Å²) in [5.41, 5.74) is 7.89. The summed E-state index contributed by atoms with van der Waals surface area (Å²) < 4.78 is 0. The zero-order valence-corrected chi connectivity index (χ0v) is 8.66. The molecule has 3 heteroatoms. The van der Waals surface area contributed by atoms with E-state index in [0.717, 1.165) is 30.2 Å². The number of pyridine rings is 1. The van der Waals surface area contributed by atoms with E-state index in [-0.39, 0.29) is 0 Å². The van der Waals surface area contributed by atoms with E-state index < -0.39 is 0 Å². The van der Waals surface area contributed by atoms with Crippen LogP contribution in [0.4, 0.5) is 11.5 Å². The van der Waals surface area contributed by atoms with Gasteiger partial charge in [-0.3, -0.25) is 0 Å². The lowest BCUT2D eigenvalue weighted by Gasteiger charge is -2.28. The van der Waals surface area contributed by atoms with Crippen LogP contribution in [0.1, 0.15) is 24.8 Å². The third-order valence-electron chi connectivity index (χ3n) is 2.69. The summed E-state index contributed by atoms with van der Waals surface area (Å²) in [5.74, 6) is 0.968. The number of anilines is 2. The fraction of sp³-hybridized carbons (Fsp3) is 0.545. The van der Waals surface area contributed by atoms with Gasteiger partial charge in [0.15, 0.2) is 5.82 Å². The molecule has 0 aliphatic carbocycles. The van der Waals surface area contributed by atoms with Gasteiger partial charge < -0.3 is 10.6 Å². The van der Waals surface area contributed by atoms with Crippen molar-refractivity contribution in [3.05, 3.63) is 17.8 Å². The second kappa shape index (κ2) is 3.86. The number of aromatic nitrogens is 1. The Hall–Kier alpha value is -1.25. The van der Waals surface area contributed by atoms with Crippen molar-refractivity contribution in [2.24, 2.45) is 0 Å². The molecule has 0 unspecified atom stereocenters. The topological polar surface area (TPSA) is 42.2 Å². The van der Waals surface area contributed by atoms with Crippen molar-refractivity contribution in [2.75, 3.05) is 23.7 Å². The van der Waals surface area contributed by atoms with E-state index >= 15 is 0 Å². The lowest BCUT2D eigenvalue weighted by atomic mass is 10.1. The number of nitrogen functional groups attached to an aromatic ring is 1. The molecule has 2 N–H and O–H groups in total. The highest BCUT2D eigenvalue weighted by Crippen LogP contribution is 2.23. The smallest absolute Gasteiger partial charge is 0.151 e. The molecule has 1 fully saturated rings. The molecule has 0 radical (unpaired) electrons. The zero-order valence-electron chi connectivity index (χ0n) is 8.66. The van der Waals surface area contributed by atoms with Crippen LogP contribution in [0.25, 0.3) is 0 Å². The Kier molecular flexibility index (Phi) is 2.57. The van der Waals surface area contributed by atoms with Crippen molar-refractivity contribution in [3.63, 3.8) is 0 Å². The van der Waals surface area contributed by atoms with Crippen LogP contribution in [0.3, 0.4) is 0 Å². The third kappa shape index (κ3) is 1.81. The normalized spacial score (nSPS) is 17.1. The van der Waals surface area contributed by atoms with Crippen molar-refractivity contribution in [2.45, 2.75) is 26.2 Å². The molecule has 0 aromatic carbocycles. The molecule has 1 aliphatic heterocycles. The molecule has 2 heterocycles. The van der Waals surface area contributed by atoms with E-state index in [9.17, 15) is 0 Å². The molecule has 76 valence electrons. The second-order valence-corrected chi connectivity index (χ2v) is 3.97. The van der Waals surface area contributed by atoms with Crippen LogP contribution in [0.5, 0.6) is 0 Å². The molecule has 0 spiro atoms. The van der Waals surface area contributed by atoms with Gasteiger partial charge in [-0.15, -0.1) is 0 Å². The number of aryl methyl sites for hydroxylation is 1. The quantitative estimate of drug-likeness (QED) is 0.738. The Morgan fingerprint density at radius 3 is 2.64 bits per heavy atom.